The van der Waals surface area contributed by atoms with Crippen LogP contribution in [0.2, 0.25) is 0 Å². The van der Waals surface area contributed by atoms with Crippen LogP contribution in [0.4, 0.5) is 0 Å². The topological polar surface area (TPSA) is 41.1 Å². The highest BCUT2D eigenvalue weighted by atomic mass is 79.9. The van der Waals surface area contributed by atoms with Crippen LogP contribution in [0.15, 0.2) is 28.7 Å². The molecule has 1 unspecified atom stereocenters. The van der Waals surface area contributed by atoms with Gasteiger partial charge in [-0.25, -0.2) is 0 Å². The molecule has 0 aliphatic carbocycles. The van der Waals surface area contributed by atoms with E-state index in [1.54, 1.807) is 0 Å². The van der Waals surface area contributed by atoms with Crippen LogP contribution in [0.1, 0.15) is 12.0 Å². The van der Waals surface area contributed by atoms with Gasteiger partial charge in [0.25, 0.3) is 0 Å². The first-order valence-corrected chi connectivity index (χ1v) is 8.01. The van der Waals surface area contributed by atoms with Gasteiger partial charge in [-0.2, -0.15) is 11.8 Å². The Bertz CT molecular complexity index is 408. The average molecular weight is 329 g/mol. The van der Waals surface area contributed by atoms with Crippen molar-refractivity contribution in [1.29, 1.82) is 0 Å². The number of rotatable bonds is 4. The Morgan fingerprint density at radius 1 is 1.56 bits per heavy atom. The minimum Gasteiger partial charge on any atom is -0.352 e. The van der Waals surface area contributed by atoms with Gasteiger partial charge < -0.3 is 10.6 Å². The quantitative estimate of drug-likeness (QED) is 0.889. The second-order valence-corrected chi connectivity index (χ2v) is 6.40. The summed E-state index contributed by atoms with van der Waals surface area (Å²) in [7, 11) is 0. The fourth-order valence-electron chi connectivity index (χ4n) is 1.89. The standard InChI is InChI=1S/C13H17BrN2OS/c14-11-3-1-2-10(6-11)8-16-13(17)7-12-9-18-5-4-15-12/h1-3,6,12,15H,4-5,7-9H2,(H,16,17). The molecule has 3 nitrogen and oxygen atoms in total. The number of amides is 1. The largest absolute Gasteiger partial charge is 0.352 e. The molecule has 0 aromatic heterocycles. The lowest BCUT2D eigenvalue weighted by atomic mass is 10.2. The van der Waals surface area contributed by atoms with Crippen LogP contribution in [-0.2, 0) is 11.3 Å². The Morgan fingerprint density at radius 2 is 2.44 bits per heavy atom. The normalized spacial score (nSPS) is 19.5. The van der Waals surface area contributed by atoms with Gasteiger partial charge in [-0.1, -0.05) is 28.1 Å². The molecule has 1 aliphatic heterocycles. The van der Waals surface area contributed by atoms with Crippen LogP contribution in [-0.4, -0.2) is 30.0 Å². The maximum atomic E-state index is 11.8. The van der Waals surface area contributed by atoms with Crippen molar-refractivity contribution >= 4 is 33.6 Å². The van der Waals surface area contributed by atoms with Gasteiger partial charge in [0.1, 0.15) is 0 Å². The van der Waals surface area contributed by atoms with Crippen molar-refractivity contribution in [2.24, 2.45) is 0 Å². The summed E-state index contributed by atoms with van der Waals surface area (Å²) in [6.07, 6.45) is 0.570. The lowest BCUT2D eigenvalue weighted by Gasteiger charge is -2.22. The molecule has 0 radical (unpaired) electrons. The summed E-state index contributed by atoms with van der Waals surface area (Å²) >= 11 is 5.34. The molecule has 1 atom stereocenters. The van der Waals surface area contributed by atoms with E-state index in [-0.39, 0.29) is 5.91 Å². The molecule has 98 valence electrons. The molecular weight excluding hydrogens is 312 g/mol. The molecule has 0 spiro atoms. The molecule has 1 amide bonds. The SMILES string of the molecule is O=C(CC1CSCCN1)NCc1cccc(Br)c1. The van der Waals surface area contributed by atoms with Gasteiger partial charge in [0, 0.05) is 41.5 Å². The maximum absolute atomic E-state index is 11.8. The smallest absolute Gasteiger partial charge is 0.221 e. The first-order valence-electron chi connectivity index (χ1n) is 6.06. The first-order chi connectivity index (χ1) is 8.74. The number of nitrogens with one attached hydrogen (secondary N) is 2. The number of hydrogen-bond acceptors (Lipinski definition) is 3. The van der Waals surface area contributed by atoms with Crippen molar-refractivity contribution in [3.8, 4) is 0 Å². The summed E-state index contributed by atoms with van der Waals surface area (Å²) in [4.78, 5) is 11.8. The summed E-state index contributed by atoms with van der Waals surface area (Å²) < 4.78 is 1.04. The van der Waals surface area contributed by atoms with Crippen LogP contribution < -0.4 is 10.6 Å². The van der Waals surface area contributed by atoms with E-state index in [0.717, 1.165) is 28.1 Å². The van der Waals surface area contributed by atoms with Crippen molar-refractivity contribution in [3.05, 3.63) is 34.3 Å². The molecule has 1 heterocycles. The monoisotopic (exact) mass is 328 g/mol. The van der Waals surface area contributed by atoms with E-state index in [9.17, 15) is 4.79 Å². The molecule has 1 aromatic rings. The van der Waals surface area contributed by atoms with Gasteiger partial charge in [0.05, 0.1) is 0 Å². The molecule has 5 heteroatoms. The summed E-state index contributed by atoms with van der Waals surface area (Å²) in [5.41, 5.74) is 1.11. The van der Waals surface area contributed by atoms with Crippen LogP contribution >= 0.6 is 27.7 Å². The highest BCUT2D eigenvalue weighted by molar-refractivity contribution is 9.10. The minimum atomic E-state index is 0.120. The molecule has 0 bridgehead atoms. The first kappa shape index (κ1) is 13.9. The van der Waals surface area contributed by atoms with Crippen molar-refractivity contribution < 1.29 is 4.79 Å². The van der Waals surface area contributed by atoms with E-state index < -0.39 is 0 Å². The lowest BCUT2D eigenvalue weighted by Crippen LogP contribution is -2.41. The Labute approximate surface area is 120 Å². The summed E-state index contributed by atoms with van der Waals surface area (Å²) in [6, 6.07) is 8.32. The summed E-state index contributed by atoms with van der Waals surface area (Å²) in [5.74, 6) is 2.30. The second-order valence-electron chi connectivity index (χ2n) is 4.34. The number of carbonyl (C=O) groups is 1. The van der Waals surface area contributed by atoms with Crippen LogP contribution in [0.3, 0.4) is 0 Å². The van der Waals surface area contributed by atoms with Crippen LogP contribution in [0, 0.1) is 0 Å². The lowest BCUT2D eigenvalue weighted by molar-refractivity contribution is -0.121. The molecule has 1 aromatic carbocycles. The summed E-state index contributed by atoms with van der Waals surface area (Å²) in [6.45, 7) is 1.60. The Hall–Kier alpha value is -0.520. The highest BCUT2D eigenvalue weighted by Gasteiger charge is 2.16. The fourth-order valence-corrected chi connectivity index (χ4v) is 3.29. The van der Waals surface area contributed by atoms with Gasteiger partial charge >= 0.3 is 0 Å². The van der Waals surface area contributed by atoms with Gasteiger partial charge in [0.2, 0.25) is 5.91 Å². The van der Waals surface area contributed by atoms with Crippen molar-refractivity contribution in [2.45, 2.75) is 19.0 Å². The zero-order chi connectivity index (χ0) is 12.8. The Balaban J connectivity index is 1.74. The van der Waals surface area contributed by atoms with Gasteiger partial charge in [-0.3, -0.25) is 4.79 Å². The van der Waals surface area contributed by atoms with Gasteiger partial charge in [-0.15, -0.1) is 0 Å². The predicted octanol–water partition coefficient (Wildman–Crippen LogP) is 2.16. The highest BCUT2D eigenvalue weighted by Crippen LogP contribution is 2.12. The van der Waals surface area contributed by atoms with Crippen LogP contribution in [0.5, 0.6) is 0 Å². The van der Waals surface area contributed by atoms with Gasteiger partial charge in [0.15, 0.2) is 0 Å². The molecule has 1 fully saturated rings. The molecule has 2 N–H and O–H groups in total. The number of benzene rings is 1. The maximum Gasteiger partial charge on any atom is 0.221 e. The van der Waals surface area contributed by atoms with E-state index in [4.69, 9.17) is 0 Å². The third-order valence-electron chi connectivity index (χ3n) is 2.81. The van der Waals surface area contributed by atoms with Gasteiger partial charge in [-0.05, 0) is 17.7 Å². The van der Waals surface area contributed by atoms with E-state index in [0.29, 0.717) is 19.0 Å². The number of carbonyl (C=O) groups excluding carboxylic acids is 1. The zero-order valence-electron chi connectivity index (χ0n) is 10.1. The molecule has 0 saturated carbocycles. The van der Waals surface area contributed by atoms with Crippen molar-refractivity contribution in [1.82, 2.24) is 10.6 Å². The minimum absolute atomic E-state index is 0.120. The molecular formula is C13H17BrN2OS. The third-order valence-corrected chi connectivity index (χ3v) is 4.43. The van der Waals surface area contributed by atoms with E-state index in [2.05, 4.69) is 26.6 Å². The summed E-state index contributed by atoms with van der Waals surface area (Å²) in [5, 5.41) is 6.33. The molecule has 18 heavy (non-hydrogen) atoms. The molecule has 2 rings (SSSR count). The fraction of sp³-hybridized carbons (Fsp3) is 0.462. The second kappa shape index (κ2) is 7.16. The van der Waals surface area contributed by atoms with Crippen LogP contribution in [0.25, 0.3) is 0 Å². The number of thioether (sulfide) groups is 1. The number of halogens is 1. The zero-order valence-corrected chi connectivity index (χ0v) is 12.5. The average Bonchev–Trinajstić information content (AvgIpc) is 2.38. The van der Waals surface area contributed by atoms with E-state index in [1.165, 1.54) is 0 Å². The predicted molar refractivity (Wildman–Crippen MR) is 79.7 cm³/mol. The van der Waals surface area contributed by atoms with E-state index in [1.807, 2.05) is 36.0 Å². The van der Waals surface area contributed by atoms with Crippen molar-refractivity contribution in [2.75, 3.05) is 18.1 Å². The number of hydrogen-bond donors (Lipinski definition) is 2. The molecule has 1 saturated heterocycles. The third kappa shape index (κ3) is 4.63. The molecule has 1 aliphatic rings. The van der Waals surface area contributed by atoms with E-state index >= 15 is 0 Å². The Morgan fingerprint density at radius 3 is 3.17 bits per heavy atom. The van der Waals surface area contributed by atoms with Crippen molar-refractivity contribution in [3.63, 3.8) is 0 Å². The Kier molecular flexibility index (Phi) is 5.53.